The summed E-state index contributed by atoms with van der Waals surface area (Å²) in [6, 6.07) is 9.28. The molecule has 1 aromatic carbocycles. The van der Waals surface area contributed by atoms with E-state index >= 15 is 0 Å². The van der Waals surface area contributed by atoms with Gasteiger partial charge in [0.15, 0.2) is 5.96 Å². The Labute approximate surface area is 138 Å². The first-order chi connectivity index (χ1) is 10.8. The van der Waals surface area contributed by atoms with Crippen molar-refractivity contribution in [1.29, 1.82) is 0 Å². The Bertz CT molecular complexity index is 523. The van der Waals surface area contributed by atoms with E-state index in [0.29, 0.717) is 12.0 Å². The predicted molar refractivity (Wildman–Crippen MR) is 96.9 cm³/mol. The van der Waals surface area contributed by atoms with Crippen LogP contribution in [0.5, 0.6) is 0 Å². The fourth-order valence-electron chi connectivity index (χ4n) is 3.18. The summed E-state index contributed by atoms with van der Waals surface area (Å²) < 4.78 is 0. The molecule has 22 heavy (non-hydrogen) atoms. The largest absolute Gasteiger partial charge is 0.357 e. The van der Waals surface area contributed by atoms with E-state index in [4.69, 9.17) is 4.99 Å². The molecule has 1 heterocycles. The molecule has 1 saturated carbocycles. The standard InChI is InChI=1S/C18H27N3S/c1-3-19-18(20-12-14-8-6-10-22-14)21-17-11-16(17)15-9-5-4-7-13(15)2/h4-5,7,9,14,16-17H,3,6,8,10-12H2,1-2H3,(H2,19,20,21). The van der Waals surface area contributed by atoms with Crippen molar-refractivity contribution >= 4 is 17.7 Å². The van der Waals surface area contributed by atoms with Gasteiger partial charge in [0, 0.05) is 23.8 Å². The lowest BCUT2D eigenvalue weighted by molar-refractivity contribution is 0.758. The average Bonchev–Trinajstić information content (AvgIpc) is 3.07. The van der Waals surface area contributed by atoms with E-state index in [1.165, 1.54) is 36.1 Å². The molecule has 1 aromatic rings. The molecule has 2 fully saturated rings. The number of nitrogens with one attached hydrogen (secondary N) is 2. The molecule has 2 aliphatic rings. The molecule has 1 aliphatic heterocycles. The number of aryl methyl sites for hydroxylation is 1. The third-order valence-electron chi connectivity index (χ3n) is 4.52. The fraction of sp³-hybridized carbons (Fsp3) is 0.611. The van der Waals surface area contributed by atoms with Gasteiger partial charge in [-0.3, -0.25) is 4.99 Å². The van der Waals surface area contributed by atoms with Crippen LogP contribution in [-0.2, 0) is 0 Å². The highest BCUT2D eigenvalue weighted by molar-refractivity contribution is 8.00. The minimum absolute atomic E-state index is 0.537. The van der Waals surface area contributed by atoms with E-state index in [-0.39, 0.29) is 0 Å². The molecule has 3 unspecified atom stereocenters. The topological polar surface area (TPSA) is 36.4 Å². The van der Waals surface area contributed by atoms with E-state index in [1.807, 2.05) is 0 Å². The number of guanidine groups is 1. The summed E-state index contributed by atoms with van der Waals surface area (Å²) in [6.45, 7) is 6.21. The molecule has 3 nitrogen and oxygen atoms in total. The van der Waals surface area contributed by atoms with E-state index < -0.39 is 0 Å². The van der Waals surface area contributed by atoms with Crippen LogP contribution in [-0.4, -0.2) is 36.1 Å². The lowest BCUT2D eigenvalue weighted by Crippen LogP contribution is -2.39. The molecule has 3 atom stereocenters. The number of benzene rings is 1. The molecule has 0 radical (unpaired) electrons. The highest BCUT2D eigenvalue weighted by atomic mass is 32.2. The molecule has 0 aromatic heterocycles. The number of hydrogen-bond acceptors (Lipinski definition) is 2. The molecule has 3 rings (SSSR count). The number of nitrogens with zero attached hydrogens (tertiary/aromatic N) is 1. The van der Waals surface area contributed by atoms with Gasteiger partial charge in [0.05, 0.1) is 6.54 Å². The average molecular weight is 318 g/mol. The van der Waals surface area contributed by atoms with Gasteiger partial charge in [-0.15, -0.1) is 0 Å². The Kier molecular flexibility index (Phi) is 5.29. The van der Waals surface area contributed by atoms with Crippen LogP contribution in [0, 0.1) is 6.92 Å². The SMILES string of the molecule is CCNC(=NCC1CCCS1)NC1CC1c1ccccc1C. The summed E-state index contributed by atoms with van der Waals surface area (Å²) in [5, 5.41) is 7.74. The first kappa shape index (κ1) is 15.7. The van der Waals surface area contributed by atoms with Gasteiger partial charge in [0.1, 0.15) is 0 Å². The third-order valence-corrected chi connectivity index (χ3v) is 5.90. The maximum absolute atomic E-state index is 4.80. The Hall–Kier alpha value is -1.16. The smallest absolute Gasteiger partial charge is 0.191 e. The zero-order valence-corrected chi connectivity index (χ0v) is 14.5. The maximum atomic E-state index is 4.80. The van der Waals surface area contributed by atoms with Gasteiger partial charge >= 0.3 is 0 Å². The van der Waals surface area contributed by atoms with Crippen molar-refractivity contribution in [1.82, 2.24) is 10.6 Å². The van der Waals surface area contributed by atoms with Gasteiger partial charge in [-0.1, -0.05) is 24.3 Å². The van der Waals surface area contributed by atoms with Crippen LogP contribution < -0.4 is 10.6 Å². The van der Waals surface area contributed by atoms with Gasteiger partial charge in [-0.25, -0.2) is 0 Å². The Morgan fingerprint density at radius 1 is 1.36 bits per heavy atom. The van der Waals surface area contributed by atoms with E-state index in [1.54, 1.807) is 0 Å². The van der Waals surface area contributed by atoms with Crippen molar-refractivity contribution in [3.63, 3.8) is 0 Å². The van der Waals surface area contributed by atoms with Gasteiger partial charge in [-0.05, 0) is 50.0 Å². The van der Waals surface area contributed by atoms with Crippen LogP contribution in [0.2, 0.25) is 0 Å². The second-order valence-corrected chi connectivity index (χ2v) is 7.71. The monoisotopic (exact) mass is 317 g/mol. The van der Waals surface area contributed by atoms with Crippen molar-refractivity contribution in [3.05, 3.63) is 35.4 Å². The first-order valence-corrected chi connectivity index (χ1v) is 9.54. The molecule has 0 spiro atoms. The molecule has 4 heteroatoms. The van der Waals surface area contributed by atoms with Crippen LogP contribution in [0.1, 0.15) is 43.2 Å². The van der Waals surface area contributed by atoms with Gasteiger partial charge in [0.2, 0.25) is 0 Å². The van der Waals surface area contributed by atoms with Crippen LogP contribution in [0.15, 0.2) is 29.3 Å². The molecule has 1 aliphatic carbocycles. The highest BCUT2D eigenvalue weighted by Crippen LogP contribution is 2.42. The summed E-state index contributed by atoms with van der Waals surface area (Å²) in [5.41, 5.74) is 2.89. The van der Waals surface area contributed by atoms with Crippen molar-refractivity contribution in [3.8, 4) is 0 Å². The molecule has 0 bridgehead atoms. The summed E-state index contributed by atoms with van der Waals surface area (Å²) in [5.74, 6) is 2.95. The van der Waals surface area contributed by atoms with Gasteiger partial charge in [-0.2, -0.15) is 11.8 Å². The fourth-order valence-corrected chi connectivity index (χ4v) is 4.36. The van der Waals surface area contributed by atoms with Crippen LogP contribution in [0.3, 0.4) is 0 Å². The number of rotatable bonds is 5. The maximum Gasteiger partial charge on any atom is 0.191 e. The Morgan fingerprint density at radius 3 is 2.95 bits per heavy atom. The van der Waals surface area contributed by atoms with Crippen molar-refractivity contribution in [2.45, 2.75) is 50.3 Å². The molecule has 2 N–H and O–H groups in total. The van der Waals surface area contributed by atoms with Crippen LogP contribution in [0.4, 0.5) is 0 Å². The molecular weight excluding hydrogens is 290 g/mol. The first-order valence-electron chi connectivity index (χ1n) is 8.50. The summed E-state index contributed by atoms with van der Waals surface area (Å²) in [4.78, 5) is 4.80. The number of aliphatic imine (C=N–C) groups is 1. The van der Waals surface area contributed by atoms with E-state index in [0.717, 1.165) is 24.3 Å². The third kappa shape index (κ3) is 3.97. The summed E-state index contributed by atoms with van der Waals surface area (Å²) in [7, 11) is 0. The zero-order valence-electron chi connectivity index (χ0n) is 13.6. The van der Waals surface area contributed by atoms with Crippen molar-refractivity contribution in [2.75, 3.05) is 18.8 Å². The minimum atomic E-state index is 0.537. The quantitative estimate of drug-likeness (QED) is 0.646. The Balaban J connectivity index is 1.56. The second kappa shape index (κ2) is 7.40. The minimum Gasteiger partial charge on any atom is -0.357 e. The van der Waals surface area contributed by atoms with E-state index in [2.05, 4.69) is 60.5 Å². The zero-order chi connectivity index (χ0) is 15.4. The predicted octanol–water partition coefficient (Wildman–Crippen LogP) is 3.30. The molecule has 1 saturated heterocycles. The lowest BCUT2D eigenvalue weighted by atomic mass is 10.0. The lowest BCUT2D eigenvalue weighted by Gasteiger charge is -2.13. The normalized spacial score (nSPS) is 27.7. The summed E-state index contributed by atoms with van der Waals surface area (Å²) >= 11 is 2.07. The van der Waals surface area contributed by atoms with Crippen molar-refractivity contribution in [2.24, 2.45) is 4.99 Å². The number of thioether (sulfide) groups is 1. The van der Waals surface area contributed by atoms with E-state index in [9.17, 15) is 0 Å². The Morgan fingerprint density at radius 2 is 2.23 bits per heavy atom. The van der Waals surface area contributed by atoms with Crippen LogP contribution >= 0.6 is 11.8 Å². The van der Waals surface area contributed by atoms with Crippen LogP contribution in [0.25, 0.3) is 0 Å². The van der Waals surface area contributed by atoms with Gasteiger partial charge < -0.3 is 10.6 Å². The molecule has 0 amide bonds. The second-order valence-electron chi connectivity index (χ2n) is 6.30. The van der Waals surface area contributed by atoms with Gasteiger partial charge in [0.25, 0.3) is 0 Å². The molecular formula is C18H27N3S. The van der Waals surface area contributed by atoms with Crippen molar-refractivity contribution < 1.29 is 0 Å². The highest BCUT2D eigenvalue weighted by Gasteiger charge is 2.39. The summed E-state index contributed by atoms with van der Waals surface area (Å²) in [6.07, 6.45) is 3.89. The molecule has 120 valence electrons. The number of hydrogen-bond donors (Lipinski definition) is 2.